The summed E-state index contributed by atoms with van der Waals surface area (Å²) in [6.45, 7) is 4.12. The molecule has 126 valence electrons. The Hall–Kier alpha value is -2.13. The van der Waals surface area contributed by atoms with Crippen LogP contribution in [0.4, 0.5) is 0 Å². The monoisotopic (exact) mass is 322 g/mol. The van der Waals surface area contributed by atoms with Gasteiger partial charge in [-0.3, -0.25) is 4.79 Å². The molecule has 3 heteroatoms. The molecule has 1 aliphatic rings. The minimum atomic E-state index is 0.0548. The van der Waals surface area contributed by atoms with E-state index < -0.39 is 0 Å². The van der Waals surface area contributed by atoms with Gasteiger partial charge in [0.2, 0.25) is 0 Å². The summed E-state index contributed by atoms with van der Waals surface area (Å²) in [5.41, 5.74) is 3.24. The van der Waals surface area contributed by atoms with Gasteiger partial charge in [0, 0.05) is 18.2 Å². The summed E-state index contributed by atoms with van der Waals surface area (Å²) in [5.74, 6) is 0.575. The molecule has 1 heterocycles. The molecule has 1 saturated heterocycles. The number of benzene rings is 2. The Morgan fingerprint density at radius 1 is 1.08 bits per heavy atom. The molecule has 1 aliphatic heterocycles. The molecule has 2 N–H and O–H groups in total. The molecule has 2 atom stereocenters. The maximum Gasteiger partial charge on any atom is 0.251 e. The predicted molar refractivity (Wildman–Crippen MR) is 98.2 cm³/mol. The first kappa shape index (κ1) is 16.7. The maximum atomic E-state index is 12.8. The van der Waals surface area contributed by atoms with Crippen molar-refractivity contribution in [2.24, 2.45) is 5.92 Å². The van der Waals surface area contributed by atoms with Gasteiger partial charge in [0.1, 0.15) is 0 Å². The number of carbonyl (C=O) groups is 1. The summed E-state index contributed by atoms with van der Waals surface area (Å²) in [5, 5.41) is 6.59. The van der Waals surface area contributed by atoms with E-state index in [0.29, 0.717) is 5.92 Å². The largest absolute Gasteiger partial charge is 0.348 e. The molecular weight excluding hydrogens is 296 g/mol. The number of rotatable bonds is 5. The molecule has 2 aromatic rings. The predicted octanol–water partition coefficient (Wildman–Crippen LogP) is 3.20. The fourth-order valence-electron chi connectivity index (χ4n) is 3.31. The lowest BCUT2D eigenvalue weighted by atomic mass is 9.94. The lowest BCUT2D eigenvalue weighted by Crippen LogP contribution is -2.50. The SMILES string of the molecule is CC1CCNCC1NC(=O)c1ccccc1CCc1ccccc1. The molecule has 0 radical (unpaired) electrons. The first-order chi connectivity index (χ1) is 11.7. The van der Waals surface area contributed by atoms with Gasteiger partial charge < -0.3 is 10.6 Å². The van der Waals surface area contributed by atoms with Crippen LogP contribution in [0.5, 0.6) is 0 Å². The Morgan fingerprint density at radius 3 is 2.62 bits per heavy atom. The molecule has 1 fully saturated rings. The minimum absolute atomic E-state index is 0.0548. The van der Waals surface area contributed by atoms with Crippen LogP contribution < -0.4 is 10.6 Å². The van der Waals surface area contributed by atoms with E-state index >= 15 is 0 Å². The zero-order chi connectivity index (χ0) is 16.8. The summed E-state index contributed by atoms with van der Waals surface area (Å²) in [7, 11) is 0. The first-order valence-corrected chi connectivity index (χ1v) is 8.87. The van der Waals surface area contributed by atoms with E-state index in [2.05, 4.69) is 47.9 Å². The zero-order valence-corrected chi connectivity index (χ0v) is 14.3. The van der Waals surface area contributed by atoms with Crippen LogP contribution in [0.2, 0.25) is 0 Å². The van der Waals surface area contributed by atoms with Gasteiger partial charge in [-0.1, -0.05) is 55.5 Å². The first-order valence-electron chi connectivity index (χ1n) is 8.87. The van der Waals surface area contributed by atoms with E-state index in [-0.39, 0.29) is 11.9 Å². The average Bonchev–Trinajstić information content (AvgIpc) is 2.63. The lowest BCUT2D eigenvalue weighted by molar-refractivity contribution is 0.0914. The van der Waals surface area contributed by atoms with Crippen LogP contribution in [-0.4, -0.2) is 25.0 Å². The number of carbonyl (C=O) groups excluding carboxylic acids is 1. The van der Waals surface area contributed by atoms with Crippen molar-refractivity contribution in [3.63, 3.8) is 0 Å². The smallest absolute Gasteiger partial charge is 0.251 e. The summed E-state index contributed by atoms with van der Waals surface area (Å²) < 4.78 is 0. The van der Waals surface area contributed by atoms with Crippen molar-refractivity contribution in [2.45, 2.75) is 32.2 Å². The molecule has 0 bridgehead atoms. The Balaban J connectivity index is 1.67. The van der Waals surface area contributed by atoms with Gasteiger partial charge in [-0.05, 0) is 48.9 Å². The third-order valence-corrected chi connectivity index (χ3v) is 4.93. The van der Waals surface area contributed by atoms with Crippen molar-refractivity contribution < 1.29 is 4.79 Å². The zero-order valence-electron chi connectivity index (χ0n) is 14.3. The van der Waals surface area contributed by atoms with Crippen LogP contribution in [0.25, 0.3) is 0 Å². The third kappa shape index (κ3) is 4.24. The Morgan fingerprint density at radius 2 is 1.83 bits per heavy atom. The molecule has 2 unspecified atom stereocenters. The fourth-order valence-corrected chi connectivity index (χ4v) is 3.31. The van der Waals surface area contributed by atoms with Gasteiger partial charge in [-0.25, -0.2) is 0 Å². The number of nitrogens with one attached hydrogen (secondary N) is 2. The molecular formula is C21H26N2O. The van der Waals surface area contributed by atoms with Crippen molar-refractivity contribution in [2.75, 3.05) is 13.1 Å². The van der Waals surface area contributed by atoms with E-state index in [9.17, 15) is 4.79 Å². The summed E-state index contributed by atoms with van der Waals surface area (Å²) in [6, 6.07) is 18.6. The Kier molecular flexibility index (Phi) is 5.65. The molecule has 1 amide bonds. The Bertz CT molecular complexity index is 669. The highest BCUT2D eigenvalue weighted by Crippen LogP contribution is 2.16. The highest BCUT2D eigenvalue weighted by molar-refractivity contribution is 5.95. The Labute approximate surface area is 144 Å². The van der Waals surface area contributed by atoms with Crippen molar-refractivity contribution in [1.82, 2.24) is 10.6 Å². The number of aryl methyl sites for hydroxylation is 2. The van der Waals surface area contributed by atoms with Crippen LogP contribution in [0.3, 0.4) is 0 Å². The van der Waals surface area contributed by atoms with E-state index in [1.54, 1.807) is 0 Å². The molecule has 2 aromatic carbocycles. The molecule has 0 aliphatic carbocycles. The van der Waals surface area contributed by atoms with Gasteiger partial charge in [-0.15, -0.1) is 0 Å². The fraction of sp³-hybridized carbons (Fsp3) is 0.381. The molecule has 0 aromatic heterocycles. The van der Waals surface area contributed by atoms with E-state index in [0.717, 1.165) is 43.5 Å². The number of hydrogen-bond acceptors (Lipinski definition) is 2. The van der Waals surface area contributed by atoms with E-state index in [4.69, 9.17) is 0 Å². The van der Waals surface area contributed by atoms with Crippen LogP contribution in [0, 0.1) is 5.92 Å². The van der Waals surface area contributed by atoms with Gasteiger partial charge in [0.15, 0.2) is 0 Å². The number of amides is 1. The van der Waals surface area contributed by atoms with Gasteiger partial charge in [0.05, 0.1) is 0 Å². The van der Waals surface area contributed by atoms with Gasteiger partial charge >= 0.3 is 0 Å². The van der Waals surface area contributed by atoms with Crippen LogP contribution in [-0.2, 0) is 12.8 Å². The molecule has 24 heavy (non-hydrogen) atoms. The second-order valence-electron chi connectivity index (χ2n) is 6.69. The minimum Gasteiger partial charge on any atom is -0.348 e. The second-order valence-corrected chi connectivity index (χ2v) is 6.69. The normalized spacial score (nSPS) is 20.5. The highest BCUT2D eigenvalue weighted by atomic mass is 16.1. The third-order valence-electron chi connectivity index (χ3n) is 4.93. The highest BCUT2D eigenvalue weighted by Gasteiger charge is 2.23. The molecule has 0 saturated carbocycles. The maximum absolute atomic E-state index is 12.8. The van der Waals surface area contributed by atoms with Crippen molar-refractivity contribution in [3.8, 4) is 0 Å². The van der Waals surface area contributed by atoms with Crippen LogP contribution >= 0.6 is 0 Å². The summed E-state index contributed by atoms with van der Waals surface area (Å²) in [4.78, 5) is 12.8. The summed E-state index contributed by atoms with van der Waals surface area (Å²) in [6.07, 6.45) is 2.94. The van der Waals surface area contributed by atoms with E-state index in [1.165, 1.54) is 5.56 Å². The van der Waals surface area contributed by atoms with Crippen molar-refractivity contribution in [1.29, 1.82) is 0 Å². The standard InChI is InChI=1S/C21H26N2O/c1-16-13-14-22-15-20(16)23-21(24)19-10-6-5-9-18(19)12-11-17-7-3-2-4-8-17/h2-10,16,20,22H,11-15H2,1H3,(H,23,24). The van der Waals surface area contributed by atoms with Crippen molar-refractivity contribution in [3.05, 3.63) is 71.3 Å². The topological polar surface area (TPSA) is 41.1 Å². The quantitative estimate of drug-likeness (QED) is 0.887. The average molecular weight is 322 g/mol. The van der Waals surface area contributed by atoms with E-state index in [1.807, 2.05) is 24.3 Å². The molecule has 3 nitrogen and oxygen atoms in total. The van der Waals surface area contributed by atoms with Crippen molar-refractivity contribution >= 4 is 5.91 Å². The number of piperidine rings is 1. The van der Waals surface area contributed by atoms with Gasteiger partial charge in [-0.2, -0.15) is 0 Å². The summed E-state index contributed by atoms with van der Waals surface area (Å²) >= 11 is 0. The second kappa shape index (κ2) is 8.11. The number of hydrogen-bond donors (Lipinski definition) is 2. The molecule has 0 spiro atoms. The van der Waals surface area contributed by atoms with Gasteiger partial charge in [0.25, 0.3) is 5.91 Å². The van der Waals surface area contributed by atoms with Crippen LogP contribution in [0.1, 0.15) is 34.8 Å². The molecule has 3 rings (SSSR count). The lowest BCUT2D eigenvalue weighted by Gasteiger charge is -2.30. The van der Waals surface area contributed by atoms with Crippen LogP contribution in [0.15, 0.2) is 54.6 Å².